The number of imidazole rings is 2. The van der Waals surface area contributed by atoms with Gasteiger partial charge in [-0.25, -0.2) is 39.9 Å². The summed E-state index contributed by atoms with van der Waals surface area (Å²) in [5.41, 5.74) is 16.3. The van der Waals surface area contributed by atoms with Crippen LogP contribution in [0.4, 0.5) is 0 Å². The number of halogens is 1. The van der Waals surface area contributed by atoms with Crippen molar-refractivity contribution in [2.75, 3.05) is 0 Å². The van der Waals surface area contributed by atoms with Gasteiger partial charge in [-0.05, 0) is 81.2 Å². The molecule has 8 aromatic carbocycles. The van der Waals surface area contributed by atoms with E-state index in [1.54, 1.807) is 0 Å². The van der Waals surface area contributed by atoms with Crippen LogP contribution in [0.5, 0.6) is 0 Å². The molecule has 430 valence electrons. The number of nitrogens with zero attached hydrogens (tertiary/aromatic N) is 10. The Morgan fingerprint density at radius 1 is 0.337 bits per heavy atom. The van der Waals surface area contributed by atoms with Crippen LogP contribution >= 0.6 is 11.6 Å². The van der Waals surface area contributed by atoms with E-state index >= 15 is 0 Å². The van der Waals surface area contributed by atoms with Gasteiger partial charge in [-0.1, -0.05) is 214 Å². The number of fused-ring (bicyclic) bond motifs is 12. The zero-order chi connectivity index (χ0) is 59.5. The molecular formula is C75H58BClN10O2. The first kappa shape index (κ1) is 56.3. The molecule has 8 aromatic heterocycles. The lowest BCUT2D eigenvalue weighted by atomic mass is 9.78. The van der Waals surface area contributed by atoms with Gasteiger partial charge in [0.2, 0.25) is 5.28 Å². The molecule has 1 aliphatic rings. The van der Waals surface area contributed by atoms with Crippen molar-refractivity contribution in [3.8, 4) is 56.4 Å². The first-order valence-electron chi connectivity index (χ1n) is 29.2. The molecule has 1 fully saturated rings. The van der Waals surface area contributed by atoms with Crippen LogP contribution < -0.4 is 5.46 Å². The Hall–Kier alpha value is -10.6. The minimum absolute atomic E-state index is 0. The van der Waals surface area contributed by atoms with E-state index in [0.29, 0.717) is 5.82 Å². The monoisotopic (exact) mass is 1180 g/mol. The molecule has 0 bridgehead atoms. The maximum Gasteiger partial charge on any atom is 0.494 e. The molecule has 0 amide bonds. The van der Waals surface area contributed by atoms with Gasteiger partial charge in [-0.3, -0.25) is 8.80 Å². The third-order valence-electron chi connectivity index (χ3n) is 16.7. The van der Waals surface area contributed by atoms with Crippen molar-refractivity contribution >= 4 is 101 Å². The Balaban J connectivity index is 0.000000125. The Kier molecular flexibility index (Phi) is 14.5. The van der Waals surface area contributed by atoms with Crippen LogP contribution in [-0.4, -0.2) is 67.0 Å². The van der Waals surface area contributed by atoms with Crippen LogP contribution in [-0.2, 0) is 9.31 Å². The summed E-state index contributed by atoms with van der Waals surface area (Å²) in [6.07, 6.45) is 4.03. The summed E-state index contributed by atoms with van der Waals surface area (Å²) in [6, 6.07) is 81.8. The maximum absolute atomic E-state index is 6.21. The third-order valence-corrected chi connectivity index (χ3v) is 16.9. The molecule has 0 unspecified atom stereocenters. The molecule has 0 spiro atoms. The van der Waals surface area contributed by atoms with Gasteiger partial charge in [0.15, 0.2) is 17.1 Å². The lowest BCUT2D eigenvalue weighted by molar-refractivity contribution is 0.00578. The van der Waals surface area contributed by atoms with Crippen molar-refractivity contribution in [1.29, 1.82) is 0 Å². The molecule has 16 aromatic rings. The first-order chi connectivity index (χ1) is 43.0. The highest BCUT2D eigenvalue weighted by Gasteiger charge is 2.51. The van der Waals surface area contributed by atoms with Crippen molar-refractivity contribution in [3.63, 3.8) is 0 Å². The Morgan fingerprint density at radius 3 is 1.20 bits per heavy atom. The standard InChI is InChI=1S/C34H21N5.C26H24BN3O2.C14H9ClN2.CH4/c1-2-10-22(11-3-1)31-27-14-6-7-15-28(27)35-33(37-31)24-19-17-23(18-20-24)30-25-12-4-5-13-26(25)32-34(38-30)39-21-9-8-16-29(39)36-32;1-25(2)26(3,4)32-27(31-25)18-14-12-17(13-15-18)22-19-9-5-6-10-20(19)23-24(29-22)30-16-8-7-11-21(30)28-23;15-14-16-12-9-5-4-8-11(12)13(17-14)10-6-2-1-3-7-10;/h1-21H;5-16H,1-4H3;1-9H;1H4. The number of rotatable bonds is 6. The van der Waals surface area contributed by atoms with Gasteiger partial charge in [-0.2, -0.15) is 0 Å². The van der Waals surface area contributed by atoms with Crippen LogP contribution in [0, 0.1) is 0 Å². The summed E-state index contributed by atoms with van der Waals surface area (Å²) in [4.78, 5) is 38.4. The largest absolute Gasteiger partial charge is 0.494 e. The second-order valence-corrected chi connectivity index (χ2v) is 23.1. The summed E-state index contributed by atoms with van der Waals surface area (Å²) in [5, 5.41) is 6.70. The molecule has 17 rings (SSSR count). The molecule has 0 saturated carbocycles. The molecule has 89 heavy (non-hydrogen) atoms. The summed E-state index contributed by atoms with van der Waals surface area (Å²) < 4.78 is 16.5. The molecule has 9 heterocycles. The third kappa shape index (κ3) is 10.3. The highest BCUT2D eigenvalue weighted by atomic mass is 35.5. The minimum Gasteiger partial charge on any atom is -0.399 e. The summed E-state index contributed by atoms with van der Waals surface area (Å²) in [6.45, 7) is 8.29. The van der Waals surface area contributed by atoms with Crippen LogP contribution in [0.15, 0.2) is 255 Å². The molecular weight excluding hydrogens is 1120 g/mol. The van der Waals surface area contributed by atoms with Gasteiger partial charge < -0.3 is 9.31 Å². The van der Waals surface area contributed by atoms with E-state index in [1.807, 2.05) is 155 Å². The number of benzene rings is 8. The van der Waals surface area contributed by atoms with E-state index < -0.39 is 0 Å². The summed E-state index contributed by atoms with van der Waals surface area (Å²) in [5.74, 6) is 0.703. The predicted molar refractivity (Wildman–Crippen MR) is 363 cm³/mol. The number of para-hydroxylation sites is 2. The van der Waals surface area contributed by atoms with Crippen molar-refractivity contribution in [3.05, 3.63) is 260 Å². The second-order valence-electron chi connectivity index (χ2n) is 22.7. The van der Waals surface area contributed by atoms with Gasteiger partial charge in [0, 0.05) is 72.5 Å². The van der Waals surface area contributed by atoms with Crippen LogP contribution in [0.25, 0.3) is 133 Å². The fourth-order valence-electron chi connectivity index (χ4n) is 11.5. The normalized spacial score (nSPS) is 13.4. The Labute approximate surface area is 519 Å². The highest BCUT2D eigenvalue weighted by molar-refractivity contribution is 6.62. The number of hydrogen-bond donors (Lipinski definition) is 0. The molecule has 1 saturated heterocycles. The zero-order valence-corrected chi connectivity index (χ0v) is 49.2. The van der Waals surface area contributed by atoms with Crippen molar-refractivity contribution in [2.45, 2.75) is 46.3 Å². The van der Waals surface area contributed by atoms with Crippen LogP contribution in [0.2, 0.25) is 5.28 Å². The Morgan fingerprint density at radius 2 is 0.708 bits per heavy atom. The number of pyridine rings is 4. The van der Waals surface area contributed by atoms with Gasteiger partial charge in [-0.15, -0.1) is 0 Å². The fourth-order valence-corrected chi connectivity index (χ4v) is 11.7. The van der Waals surface area contributed by atoms with Gasteiger partial charge >= 0.3 is 7.12 Å². The molecule has 0 aliphatic carbocycles. The molecule has 1 aliphatic heterocycles. The van der Waals surface area contributed by atoms with Crippen LogP contribution in [0.1, 0.15) is 35.1 Å². The average molecular weight is 1180 g/mol. The molecule has 12 nitrogen and oxygen atoms in total. The number of hydrogen-bond acceptors (Lipinski definition) is 10. The van der Waals surface area contributed by atoms with Gasteiger partial charge in [0.1, 0.15) is 22.3 Å². The lowest BCUT2D eigenvalue weighted by Gasteiger charge is -2.32. The van der Waals surface area contributed by atoms with E-state index in [2.05, 4.69) is 147 Å². The highest BCUT2D eigenvalue weighted by Crippen LogP contribution is 2.39. The average Bonchev–Trinajstić information content (AvgIpc) is 1.78. The van der Waals surface area contributed by atoms with Crippen molar-refractivity contribution < 1.29 is 9.31 Å². The maximum atomic E-state index is 6.21. The number of aromatic nitrogens is 10. The van der Waals surface area contributed by atoms with Gasteiger partial charge in [0.05, 0.1) is 45.0 Å². The van der Waals surface area contributed by atoms with Crippen molar-refractivity contribution in [2.24, 2.45) is 0 Å². The minimum atomic E-state index is -0.375. The van der Waals surface area contributed by atoms with E-state index in [-0.39, 0.29) is 31.0 Å². The zero-order valence-electron chi connectivity index (χ0n) is 48.5. The summed E-state index contributed by atoms with van der Waals surface area (Å²) >= 11 is 5.95. The predicted octanol–water partition coefficient (Wildman–Crippen LogP) is 17.6. The lowest BCUT2D eigenvalue weighted by Crippen LogP contribution is -2.41. The van der Waals surface area contributed by atoms with Crippen LogP contribution in [0.3, 0.4) is 0 Å². The molecule has 0 N–H and O–H groups in total. The quantitative estimate of drug-likeness (QED) is 0.117. The van der Waals surface area contributed by atoms with Crippen molar-refractivity contribution in [1.82, 2.24) is 48.7 Å². The van der Waals surface area contributed by atoms with E-state index in [1.165, 1.54) is 0 Å². The van der Waals surface area contributed by atoms with E-state index in [0.717, 1.165) is 133 Å². The first-order valence-corrected chi connectivity index (χ1v) is 29.6. The van der Waals surface area contributed by atoms with E-state index in [9.17, 15) is 0 Å². The summed E-state index contributed by atoms with van der Waals surface area (Å²) in [7, 11) is -0.375. The molecule has 0 radical (unpaired) electrons. The fraction of sp³-hybridized carbons (Fsp3) is 0.0933. The van der Waals surface area contributed by atoms with E-state index in [4.69, 9.17) is 50.8 Å². The Bertz CT molecular complexity index is 5300. The topological polar surface area (TPSA) is 130 Å². The van der Waals surface area contributed by atoms with Gasteiger partial charge in [0.25, 0.3) is 0 Å². The second kappa shape index (κ2) is 22.9. The molecule has 14 heteroatoms. The smallest absolute Gasteiger partial charge is 0.399 e. The molecule has 0 atom stereocenters. The SMILES string of the molecule is C.CC1(C)OB(c2ccc(-c3nc4c(nc5ccccn54)c4ccccc34)cc2)OC1(C)C.Clc1nc(-c2ccccc2)c2ccccc2n1.c1ccc(-c2nc(-c3ccc(-c4nc5c(nc6ccccn65)c5ccccc45)cc3)nc3ccccc23)cc1.